The molecule has 1 amide bonds. The Morgan fingerprint density at radius 2 is 2.07 bits per heavy atom. The largest absolute Gasteiger partial charge is 0.423 e. The molecule has 0 spiro atoms. The zero-order chi connectivity index (χ0) is 18.6. The highest BCUT2D eigenvalue weighted by atomic mass is 16.5. The fraction of sp³-hybridized carbons (Fsp3) is 0.105. The van der Waals surface area contributed by atoms with Gasteiger partial charge in [0.1, 0.15) is 5.58 Å². The number of benzene rings is 1. The smallest absolute Gasteiger partial charge is 0.336 e. The monoisotopic (exact) mass is 362 g/mol. The molecule has 0 aliphatic rings. The normalized spacial score (nSPS) is 10.8. The van der Waals surface area contributed by atoms with E-state index >= 15 is 0 Å². The van der Waals surface area contributed by atoms with Crippen LogP contribution in [0.3, 0.4) is 0 Å². The number of aryl methyl sites for hydroxylation is 1. The molecule has 8 heteroatoms. The average molecular weight is 362 g/mol. The van der Waals surface area contributed by atoms with Crippen molar-refractivity contribution in [3.63, 3.8) is 0 Å². The third kappa shape index (κ3) is 3.90. The minimum atomic E-state index is -0.413. The molecule has 8 nitrogen and oxygen atoms in total. The first-order valence-electron chi connectivity index (χ1n) is 8.24. The third-order valence-corrected chi connectivity index (χ3v) is 3.86. The minimum Gasteiger partial charge on any atom is -0.423 e. The second-order valence-electron chi connectivity index (χ2n) is 5.81. The summed E-state index contributed by atoms with van der Waals surface area (Å²) in [6.07, 6.45) is 3.82. The van der Waals surface area contributed by atoms with Crippen molar-refractivity contribution < 1.29 is 13.7 Å². The van der Waals surface area contributed by atoms with Crippen LogP contribution in [0.25, 0.3) is 22.4 Å². The van der Waals surface area contributed by atoms with Gasteiger partial charge in [-0.1, -0.05) is 5.16 Å². The van der Waals surface area contributed by atoms with Crippen LogP contribution in [0.4, 0.5) is 5.69 Å². The molecule has 3 aromatic heterocycles. The number of carbonyl (C=O) groups excluding carboxylic acids is 1. The molecule has 0 radical (unpaired) electrons. The molecule has 4 aromatic rings. The maximum absolute atomic E-state index is 12.2. The molecule has 0 aliphatic heterocycles. The number of rotatable bonds is 5. The summed E-state index contributed by atoms with van der Waals surface area (Å²) in [6, 6.07) is 11.7. The van der Waals surface area contributed by atoms with E-state index in [4.69, 9.17) is 8.94 Å². The lowest BCUT2D eigenvalue weighted by atomic mass is 10.2. The maximum atomic E-state index is 12.2. The van der Waals surface area contributed by atoms with Gasteiger partial charge in [-0.05, 0) is 36.4 Å². The molecule has 0 atom stereocenters. The van der Waals surface area contributed by atoms with E-state index < -0.39 is 5.63 Å². The van der Waals surface area contributed by atoms with Gasteiger partial charge in [-0.15, -0.1) is 0 Å². The molecule has 27 heavy (non-hydrogen) atoms. The number of nitrogens with zero attached hydrogens (tertiary/aromatic N) is 3. The van der Waals surface area contributed by atoms with Crippen molar-refractivity contribution >= 4 is 22.6 Å². The number of anilines is 1. The molecule has 1 N–H and O–H groups in total. The summed E-state index contributed by atoms with van der Waals surface area (Å²) in [4.78, 5) is 31.6. The van der Waals surface area contributed by atoms with Crippen molar-refractivity contribution in [2.24, 2.45) is 0 Å². The standard InChI is InChI=1S/C19H14N4O4/c24-16(21-14-4-5-15-12(10-14)3-8-18(25)26-15)6-7-17-22-19(23-27-17)13-2-1-9-20-11-13/h1-5,8-11H,6-7H2,(H,21,24). The van der Waals surface area contributed by atoms with Crippen molar-refractivity contribution in [3.8, 4) is 11.4 Å². The van der Waals surface area contributed by atoms with Gasteiger partial charge in [0.2, 0.25) is 17.6 Å². The Morgan fingerprint density at radius 3 is 2.93 bits per heavy atom. The average Bonchev–Trinajstić information content (AvgIpc) is 3.16. The van der Waals surface area contributed by atoms with Crippen molar-refractivity contribution in [1.82, 2.24) is 15.1 Å². The van der Waals surface area contributed by atoms with Crippen LogP contribution in [0.15, 0.2) is 68.6 Å². The summed E-state index contributed by atoms with van der Waals surface area (Å²) < 4.78 is 10.2. The molecule has 0 fully saturated rings. The zero-order valence-electron chi connectivity index (χ0n) is 14.1. The lowest BCUT2D eigenvalue weighted by Gasteiger charge is -2.05. The molecule has 1 aromatic carbocycles. The number of fused-ring (bicyclic) bond motifs is 1. The van der Waals surface area contributed by atoms with Crippen molar-refractivity contribution in [3.05, 3.63) is 71.2 Å². The number of aromatic nitrogens is 3. The highest BCUT2D eigenvalue weighted by Crippen LogP contribution is 2.18. The lowest BCUT2D eigenvalue weighted by Crippen LogP contribution is -2.12. The van der Waals surface area contributed by atoms with E-state index in [1.807, 2.05) is 6.07 Å². The number of hydrogen-bond acceptors (Lipinski definition) is 7. The van der Waals surface area contributed by atoms with Gasteiger partial charge in [0.05, 0.1) is 0 Å². The van der Waals surface area contributed by atoms with E-state index in [-0.39, 0.29) is 12.3 Å². The maximum Gasteiger partial charge on any atom is 0.336 e. The van der Waals surface area contributed by atoms with E-state index in [0.29, 0.717) is 29.4 Å². The molecule has 134 valence electrons. The first-order chi connectivity index (χ1) is 13.2. The first-order valence-corrected chi connectivity index (χ1v) is 8.24. The van der Waals surface area contributed by atoms with Crippen LogP contribution in [0.5, 0.6) is 0 Å². The number of pyridine rings is 1. The predicted molar refractivity (Wildman–Crippen MR) is 97.0 cm³/mol. The van der Waals surface area contributed by atoms with Crippen molar-refractivity contribution in [2.75, 3.05) is 5.32 Å². The molecule has 0 saturated carbocycles. The third-order valence-electron chi connectivity index (χ3n) is 3.86. The fourth-order valence-corrected chi connectivity index (χ4v) is 2.56. The molecular weight excluding hydrogens is 348 g/mol. The van der Waals surface area contributed by atoms with Gasteiger partial charge in [0, 0.05) is 47.9 Å². The second-order valence-corrected chi connectivity index (χ2v) is 5.81. The second kappa shape index (κ2) is 7.20. The summed E-state index contributed by atoms with van der Waals surface area (Å²) in [5.74, 6) is 0.631. The van der Waals surface area contributed by atoms with Gasteiger partial charge < -0.3 is 14.3 Å². The van der Waals surface area contributed by atoms with Crippen LogP contribution in [0.2, 0.25) is 0 Å². The SMILES string of the molecule is O=C(CCc1nc(-c2cccnc2)no1)Nc1ccc2oc(=O)ccc2c1. The molecule has 0 saturated heterocycles. The van der Waals surface area contributed by atoms with Gasteiger partial charge >= 0.3 is 5.63 Å². The predicted octanol–water partition coefficient (Wildman–Crippen LogP) is 2.81. The topological polar surface area (TPSA) is 111 Å². The van der Waals surface area contributed by atoms with Crippen LogP contribution in [0.1, 0.15) is 12.3 Å². The van der Waals surface area contributed by atoms with Crippen LogP contribution < -0.4 is 10.9 Å². The van der Waals surface area contributed by atoms with Crippen molar-refractivity contribution in [2.45, 2.75) is 12.8 Å². The number of amides is 1. The molecule has 0 bridgehead atoms. The quantitative estimate of drug-likeness (QED) is 0.543. The van der Waals surface area contributed by atoms with E-state index in [9.17, 15) is 9.59 Å². The summed E-state index contributed by atoms with van der Waals surface area (Å²) in [7, 11) is 0. The summed E-state index contributed by atoms with van der Waals surface area (Å²) in [5, 5.41) is 7.42. The van der Waals surface area contributed by atoms with Crippen LogP contribution >= 0.6 is 0 Å². The summed E-state index contributed by atoms with van der Waals surface area (Å²) >= 11 is 0. The van der Waals surface area contributed by atoms with Crippen molar-refractivity contribution in [1.29, 1.82) is 0 Å². The Bertz CT molecular complexity index is 1150. The van der Waals surface area contributed by atoms with Crippen LogP contribution in [-0.4, -0.2) is 21.0 Å². The summed E-state index contributed by atoms with van der Waals surface area (Å²) in [6.45, 7) is 0. The molecule has 0 unspecified atom stereocenters. The summed E-state index contributed by atoms with van der Waals surface area (Å²) in [5.41, 5.74) is 1.42. The van der Waals surface area contributed by atoms with E-state index in [1.54, 1.807) is 42.7 Å². The number of carbonyl (C=O) groups is 1. The van der Waals surface area contributed by atoms with Gasteiger partial charge in [-0.25, -0.2) is 4.79 Å². The molecule has 4 rings (SSSR count). The number of hydrogen-bond donors (Lipinski definition) is 1. The highest BCUT2D eigenvalue weighted by molar-refractivity contribution is 5.93. The van der Waals surface area contributed by atoms with Gasteiger partial charge in [0.25, 0.3) is 0 Å². The van der Waals surface area contributed by atoms with Gasteiger partial charge in [-0.3, -0.25) is 9.78 Å². The first kappa shape index (κ1) is 16.6. The number of nitrogens with one attached hydrogen (secondary N) is 1. The highest BCUT2D eigenvalue weighted by Gasteiger charge is 2.11. The molecule has 3 heterocycles. The Balaban J connectivity index is 1.38. The van der Waals surface area contributed by atoms with E-state index in [0.717, 1.165) is 10.9 Å². The van der Waals surface area contributed by atoms with Gasteiger partial charge in [-0.2, -0.15) is 4.98 Å². The van der Waals surface area contributed by atoms with E-state index in [1.165, 1.54) is 6.07 Å². The lowest BCUT2D eigenvalue weighted by molar-refractivity contribution is -0.116. The fourth-order valence-electron chi connectivity index (χ4n) is 2.56. The minimum absolute atomic E-state index is 0.187. The van der Waals surface area contributed by atoms with E-state index in [2.05, 4.69) is 20.4 Å². The Labute approximate surface area is 152 Å². The molecular formula is C19H14N4O4. The molecule has 0 aliphatic carbocycles. The zero-order valence-corrected chi connectivity index (χ0v) is 14.1. The Hall–Kier alpha value is -3.81. The van der Waals surface area contributed by atoms with Crippen LogP contribution in [-0.2, 0) is 11.2 Å². The Kier molecular flexibility index (Phi) is 4.44. The van der Waals surface area contributed by atoms with Gasteiger partial charge in [0.15, 0.2) is 0 Å². The Morgan fingerprint density at radius 1 is 1.15 bits per heavy atom. The van der Waals surface area contributed by atoms with Crippen LogP contribution in [0, 0.1) is 0 Å².